The molecule has 0 fully saturated rings. The summed E-state index contributed by atoms with van der Waals surface area (Å²) >= 11 is 0. The average Bonchev–Trinajstić information content (AvgIpc) is 2.14. The third-order valence-electron chi connectivity index (χ3n) is 17.7. The van der Waals surface area contributed by atoms with E-state index in [2.05, 4.69) is 86.8 Å². The van der Waals surface area contributed by atoms with E-state index in [4.69, 9.17) is 18.5 Å². The van der Waals surface area contributed by atoms with Crippen LogP contribution in [0.25, 0.3) is 0 Å². The Morgan fingerprint density at radius 1 is 0.348 bits per heavy atom. The molecule has 0 aromatic rings. The fourth-order valence-corrected chi connectivity index (χ4v) is 12.4. The molecule has 0 aliphatic heterocycles. The van der Waals surface area contributed by atoms with E-state index in [9.17, 15) is 19.0 Å². The minimum absolute atomic E-state index is 0.0322. The zero-order valence-corrected chi connectivity index (χ0v) is 62.4. The van der Waals surface area contributed by atoms with Gasteiger partial charge in [-0.1, -0.05) is 363 Å². The van der Waals surface area contributed by atoms with E-state index in [1.165, 1.54) is 289 Å². The summed E-state index contributed by atoms with van der Waals surface area (Å²) in [6.07, 6.45) is 99.1. The van der Waals surface area contributed by atoms with Crippen LogP contribution in [-0.2, 0) is 32.7 Å². The summed E-state index contributed by atoms with van der Waals surface area (Å²) in [7, 11) is 1.49. The normalized spacial score (nSPS) is 13.4. The molecule has 2 atom stereocenters. The van der Waals surface area contributed by atoms with Crippen molar-refractivity contribution in [1.82, 2.24) is 0 Å². The number of carbonyl (C=O) groups excluding carboxylic acids is 2. The van der Waals surface area contributed by atoms with Crippen LogP contribution in [0.4, 0.5) is 0 Å². The van der Waals surface area contributed by atoms with Crippen molar-refractivity contribution in [3.05, 3.63) is 72.9 Å². The molecular formula is C82H153NO8P+. The van der Waals surface area contributed by atoms with Gasteiger partial charge in [-0.25, -0.2) is 4.57 Å². The number of hydrogen-bond acceptors (Lipinski definition) is 7. The minimum atomic E-state index is -4.40. The zero-order chi connectivity index (χ0) is 66.9. The highest BCUT2D eigenvalue weighted by atomic mass is 31.2. The Balaban J connectivity index is 3.92. The molecule has 0 rings (SSSR count). The lowest BCUT2D eigenvalue weighted by atomic mass is 10.0. The third kappa shape index (κ3) is 76.5. The molecule has 538 valence electrons. The van der Waals surface area contributed by atoms with Crippen LogP contribution >= 0.6 is 7.82 Å². The first-order chi connectivity index (χ1) is 45.0. The van der Waals surface area contributed by atoms with E-state index in [1.807, 2.05) is 21.1 Å². The van der Waals surface area contributed by atoms with Crippen LogP contribution in [0.3, 0.4) is 0 Å². The highest BCUT2D eigenvalue weighted by Crippen LogP contribution is 2.43. The summed E-state index contributed by atoms with van der Waals surface area (Å²) in [5.41, 5.74) is 0. The van der Waals surface area contributed by atoms with Crippen LogP contribution in [-0.4, -0.2) is 74.9 Å². The Labute approximate surface area is 571 Å². The van der Waals surface area contributed by atoms with Gasteiger partial charge in [0.15, 0.2) is 6.10 Å². The van der Waals surface area contributed by atoms with Crippen LogP contribution in [0.15, 0.2) is 72.9 Å². The predicted octanol–water partition coefficient (Wildman–Crippen LogP) is 26.3. The van der Waals surface area contributed by atoms with E-state index in [1.54, 1.807) is 0 Å². The smallest absolute Gasteiger partial charge is 0.462 e. The molecule has 0 bridgehead atoms. The standard InChI is InChI=1S/C82H152NO8P/c1-6-8-10-12-14-16-18-20-22-24-26-28-30-32-34-36-38-39-40-41-42-43-45-46-48-50-52-54-56-58-60-62-64-66-68-70-72-74-81(84)88-78-80(79-90-92(86,87)89-77-76-83(3,4)5)91-82(85)75-73-71-69-67-65-63-61-59-57-55-53-51-49-47-44-37-35-33-31-29-27-25-23-21-19-17-15-13-11-9-7-2/h9,11,15,17,21,23-24,26-27,29,33,35,80H,6-8,10,12-14,16,18-20,22,25,28,30-32,34,36-79H2,1-5H3/p+1/b11-9-,17-15-,23-21-,26-24-,29-27-,35-33-. The zero-order valence-electron chi connectivity index (χ0n) is 61.5. The quantitative estimate of drug-likeness (QED) is 0.0211. The van der Waals surface area contributed by atoms with E-state index in [-0.39, 0.29) is 25.6 Å². The second kappa shape index (κ2) is 72.7. The number of phosphoric ester groups is 1. The maximum atomic E-state index is 12.9. The van der Waals surface area contributed by atoms with Crippen molar-refractivity contribution in [2.45, 2.75) is 392 Å². The van der Waals surface area contributed by atoms with Crippen molar-refractivity contribution in [1.29, 1.82) is 0 Å². The minimum Gasteiger partial charge on any atom is -0.462 e. The number of esters is 2. The summed E-state index contributed by atoms with van der Waals surface area (Å²) in [5.74, 6) is -0.779. The molecule has 9 nitrogen and oxygen atoms in total. The van der Waals surface area contributed by atoms with Gasteiger partial charge in [-0.2, -0.15) is 0 Å². The lowest BCUT2D eigenvalue weighted by molar-refractivity contribution is -0.870. The fourth-order valence-electron chi connectivity index (χ4n) is 11.7. The summed E-state index contributed by atoms with van der Waals surface area (Å²) in [5, 5.41) is 0. The molecule has 1 N–H and O–H groups in total. The Hall–Kier alpha value is -2.55. The summed E-state index contributed by atoms with van der Waals surface area (Å²) < 4.78 is 34.8. The van der Waals surface area contributed by atoms with Gasteiger partial charge in [0, 0.05) is 12.8 Å². The van der Waals surface area contributed by atoms with Crippen molar-refractivity contribution in [2.75, 3.05) is 47.5 Å². The van der Waals surface area contributed by atoms with E-state index >= 15 is 0 Å². The second-order valence-corrected chi connectivity index (χ2v) is 29.5. The number of quaternary nitrogens is 1. The first-order valence-electron chi connectivity index (χ1n) is 39.7. The summed E-state index contributed by atoms with van der Waals surface area (Å²) in [4.78, 5) is 36.0. The van der Waals surface area contributed by atoms with Crippen molar-refractivity contribution in [2.24, 2.45) is 0 Å². The second-order valence-electron chi connectivity index (χ2n) is 28.1. The summed E-state index contributed by atoms with van der Waals surface area (Å²) in [6, 6.07) is 0. The highest BCUT2D eigenvalue weighted by Gasteiger charge is 2.27. The molecule has 0 aromatic heterocycles. The van der Waals surface area contributed by atoms with Crippen LogP contribution in [0.5, 0.6) is 0 Å². The molecule has 0 spiro atoms. The molecule has 0 amide bonds. The Bertz CT molecular complexity index is 1780. The van der Waals surface area contributed by atoms with Crippen LogP contribution in [0, 0.1) is 0 Å². The van der Waals surface area contributed by atoms with Gasteiger partial charge >= 0.3 is 19.8 Å². The average molecular weight is 1310 g/mol. The van der Waals surface area contributed by atoms with Gasteiger partial charge in [0.1, 0.15) is 19.8 Å². The third-order valence-corrected chi connectivity index (χ3v) is 18.7. The summed E-state index contributed by atoms with van der Waals surface area (Å²) in [6.45, 7) is 4.38. The molecule has 92 heavy (non-hydrogen) atoms. The molecule has 0 saturated heterocycles. The number of unbranched alkanes of at least 4 members (excludes halogenated alkanes) is 48. The van der Waals surface area contributed by atoms with Crippen LogP contribution in [0.1, 0.15) is 386 Å². The molecule has 0 heterocycles. The van der Waals surface area contributed by atoms with E-state index in [0.29, 0.717) is 23.9 Å². The lowest BCUT2D eigenvalue weighted by Gasteiger charge is -2.24. The number of ether oxygens (including phenoxy) is 2. The number of hydrogen-bond donors (Lipinski definition) is 1. The number of phosphoric acid groups is 1. The molecule has 0 saturated carbocycles. The number of rotatable bonds is 74. The largest absolute Gasteiger partial charge is 0.472 e. The maximum absolute atomic E-state index is 12.9. The Morgan fingerprint density at radius 3 is 0.935 bits per heavy atom. The predicted molar refractivity (Wildman–Crippen MR) is 399 cm³/mol. The number of likely N-dealkylation sites (N-methyl/N-ethyl adjacent to an activating group) is 1. The molecule has 2 unspecified atom stereocenters. The Kier molecular flexibility index (Phi) is 70.7. The van der Waals surface area contributed by atoms with E-state index in [0.717, 1.165) is 64.2 Å². The van der Waals surface area contributed by atoms with Crippen molar-refractivity contribution in [3.63, 3.8) is 0 Å². The van der Waals surface area contributed by atoms with Crippen molar-refractivity contribution in [3.8, 4) is 0 Å². The van der Waals surface area contributed by atoms with Crippen LogP contribution in [0.2, 0.25) is 0 Å². The van der Waals surface area contributed by atoms with Crippen molar-refractivity contribution < 1.29 is 42.1 Å². The molecule has 0 aromatic carbocycles. The van der Waals surface area contributed by atoms with Gasteiger partial charge in [0.25, 0.3) is 0 Å². The maximum Gasteiger partial charge on any atom is 0.472 e. The van der Waals surface area contributed by atoms with Gasteiger partial charge in [0.05, 0.1) is 27.7 Å². The van der Waals surface area contributed by atoms with Gasteiger partial charge in [-0.15, -0.1) is 0 Å². The number of carbonyl (C=O) groups is 2. The van der Waals surface area contributed by atoms with Gasteiger partial charge in [-0.05, 0) is 83.5 Å². The molecule has 10 heteroatoms. The molecule has 0 aliphatic carbocycles. The first kappa shape index (κ1) is 89.5. The highest BCUT2D eigenvalue weighted by molar-refractivity contribution is 7.47. The SMILES string of the molecule is CC/C=C\C/C=C\C/C=C\C/C=C\C/C=C\CCCCCCCCCCCCCCCCCC(=O)OC(COC(=O)CCCCCCCCCCCCCCCCCCCCCCCCCCC/C=C\CCCCCCCCCC)COP(=O)(O)OCC[N+](C)(C)C. The molecule has 0 aliphatic rings. The topological polar surface area (TPSA) is 108 Å². The lowest BCUT2D eigenvalue weighted by Crippen LogP contribution is -2.37. The van der Waals surface area contributed by atoms with Crippen molar-refractivity contribution >= 4 is 19.8 Å². The van der Waals surface area contributed by atoms with Crippen LogP contribution < -0.4 is 0 Å². The number of allylic oxidation sites excluding steroid dienone is 12. The van der Waals surface area contributed by atoms with Gasteiger partial charge in [-0.3, -0.25) is 18.6 Å². The first-order valence-corrected chi connectivity index (χ1v) is 41.2. The molecular weight excluding hydrogens is 1160 g/mol. The fraction of sp³-hybridized carbons (Fsp3) is 0.829. The van der Waals surface area contributed by atoms with E-state index < -0.39 is 26.5 Å². The monoisotopic (exact) mass is 1310 g/mol. The molecule has 0 radical (unpaired) electrons. The Morgan fingerprint density at radius 2 is 0.620 bits per heavy atom. The van der Waals surface area contributed by atoms with Gasteiger partial charge < -0.3 is 18.9 Å². The number of nitrogens with zero attached hydrogens (tertiary/aromatic N) is 1. The van der Waals surface area contributed by atoms with Gasteiger partial charge in [0.2, 0.25) is 0 Å².